The predicted octanol–water partition coefficient (Wildman–Crippen LogP) is 2.25. The topological polar surface area (TPSA) is 36.8 Å². The highest BCUT2D eigenvalue weighted by atomic mass is 79.9. The molecule has 72 valence electrons. The molecule has 0 saturated heterocycles. The normalized spacial score (nSPS) is 29.2. The van der Waals surface area contributed by atoms with Crippen LogP contribution in [0.25, 0.3) is 0 Å². The number of halogens is 2. The van der Waals surface area contributed by atoms with E-state index in [1.165, 1.54) is 25.7 Å². The van der Waals surface area contributed by atoms with Crippen LogP contribution in [-0.2, 0) is 0 Å². The summed E-state index contributed by atoms with van der Waals surface area (Å²) < 4.78 is 0.796. The molecule has 1 saturated carbocycles. The van der Waals surface area contributed by atoms with Crippen molar-refractivity contribution >= 4 is 37.4 Å². The summed E-state index contributed by atoms with van der Waals surface area (Å²) in [7, 11) is 0. The van der Waals surface area contributed by atoms with E-state index in [0.717, 1.165) is 4.62 Å². The highest BCUT2D eigenvalue weighted by Gasteiger charge is 2.24. The zero-order valence-electron chi connectivity index (χ0n) is 7.13. The van der Waals surface area contributed by atoms with Gasteiger partial charge in [-0.3, -0.25) is 5.32 Å². The molecule has 1 atom stereocenters. The van der Waals surface area contributed by atoms with E-state index >= 15 is 0 Å². The van der Waals surface area contributed by atoms with Crippen molar-refractivity contribution in [3.05, 3.63) is 0 Å². The van der Waals surface area contributed by atoms with Crippen molar-refractivity contribution < 1.29 is 0 Å². The first-order valence-corrected chi connectivity index (χ1v) is 5.66. The maximum atomic E-state index is 5.68. The van der Waals surface area contributed by atoms with Crippen molar-refractivity contribution in [3.63, 3.8) is 0 Å². The van der Waals surface area contributed by atoms with Crippen LogP contribution in [0.15, 0.2) is 9.98 Å². The smallest absolute Gasteiger partial charge is 0.220 e. The van der Waals surface area contributed by atoms with Crippen LogP contribution >= 0.6 is 27.5 Å². The number of amidine groups is 1. The second-order valence-corrected chi connectivity index (χ2v) is 4.53. The van der Waals surface area contributed by atoms with E-state index in [4.69, 9.17) is 11.6 Å². The Bertz CT molecular complexity index is 258. The van der Waals surface area contributed by atoms with Crippen molar-refractivity contribution in [2.75, 3.05) is 0 Å². The molecule has 0 unspecified atom stereocenters. The molecule has 0 radical (unpaired) electrons. The zero-order chi connectivity index (χ0) is 9.26. The maximum Gasteiger partial charge on any atom is 0.220 e. The van der Waals surface area contributed by atoms with Gasteiger partial charge in [-0.05, 0) is 40.4 Å². The molecule has 5 heteroatoms. The van der Waals surface area contributed by atoms with Crippen molar-refractivity contribution in [3.8, 4) is 0 Å². The summed E-state index contributed by atoms with van der Waals surface area (Å²) >= 11 is 9.02. The molecule has 2 rings (SSSR count). The molecule has 0 aromatic heterocycles. The van der Waals surface area contributed by atoms with E-state index in [1.54, 1.807) is 0 Å². The van der Waals surface area contributed by atoms with Gasteiger partial charge in [0.1, 0.15) is 4.62 Å². The van der Waals surface area contributed by atoms with Crippen LogP contribution in [0.4, 0.5) is 0 Å². The monoisotopic (exact) mass is 263 g/mol. The summed E-state index contributed by atoms with van der Waals surface area (Å²) in [6.07, 6.45) is 5.07. The predicted molar refractivity (Wildman–Crippen MR) is 58.8 cm³/mol. The highest BCUT2D eigenvalue weighted by Crippen LogP contribution is 2.20. The third kappa shape index (κ3) is 2.30. The minimum absolute atomic E-state index is 0.0457. The van der Waals surface area contributed by atoms with E-state index in [0.29, 0.717) is 11.3 Å². The first-order chi connectivity index (χ1) is 6.25. The Kier molecular flexibility index (Phi) is 3.01. The van der Waals surface area contributed by atoms with E-state index in [2.05, 4.69) is 31.2 Å². The van der Waals surface area contributed by atoms with Crippen molar-refractivity contribution in [1.29, 1.82) is 0 Å². The van der Waals surface area contributed by atoms with E-state index in [9.17, 15) is 0 Å². The van der Waals surface area contributed by atoms with Gasteiger partial charge in [0.15, 0.2) is 6.17 Å². The maximum absolute atomic E-state index is 5.68. The van der Waals surface area contributed by atoms with Crippen molar-refractivity contribution in [1.82, 2.24) is 5.32 Å². The second kappa shape index (κ2) is 4.07. The SMILES string of the molecule is ClC1=N[C@H](NC2CCCC2)C(Br)=N1. The number of aliphatic imine (C=N–C) groups is 2. The zero-order valence-corrected chi connectivity index (χ0v) is 9.48. The molecule has 1 aliphatic carbocycles. The average molecular weight is 265 g/mol. The Morgan fingerprint density at radius 2 is 2.08 bits per heavy atom. The van der Waals surface area contributed by atoms with E-state index in [-0.39, 0.29) is 6.17 Å². The molecule has 3 nitrogen and oxygen atoms in total. The van der Waals surface area contributed by atoms with Crippen LogP contribution in [0.2, 0.25) is 0 Å². The van der Waals surface area contributed by atoms with Gasteiger partial charge in [0.25, 0.3) is 0 Å². The van der Waals surface area contributed by atoms with E-state index in [1.807, 2.05) is 0 Å². The van der Waals surface area contributed by atoms with Gasteiger partial charge in [0.2, 0.25) is 5.29 Å². The lowest BCUT2D eigenvalue weighted by Crippen LogP contribution is -2.37. The summed E-state index contributed by atoms with van der Waals surface area (Å²) in [5, 5.41) is 3.74. The van der Waals surface area contributed by atoms with Gasteiger partial charge in [0.05, 0.1) is 0 Å². The molecule has 0 aromatic carbocycles. The van der Waals surface area contributed by atoms with Crippen LogP contribution in [0, 0.1) is 0 Å². The third-order valence-corrected chi connectivity index (χ3v) is 3.20. The molecule has 1 N–H and O–H groups in total. The number of rotatable bonds is 2. The fourth-order valence-corrected chi connectivity index (χ4v) is 2.45. The van der Waals surface area contributed by atoms with Crippen LogP contribution < -0.4 is 5.32 Å². The Balaban J connectivity index is 1.91. The highest BCUT2D eigenvalue weighted by molar-refractivity contribution is 9.18. The van der Waals surface area contributed by atoms with Gasteiger partial charge in [-0.1, -0.05) is 12.8 Å². The number of hydrogen-bond acceptors (Lipinski definition) is 3. The molecule has 0 aromatic rings. The molecule has 0 bridgehead atoms. The van der Waals surface area contributed by atoms with Gasteiger partial charge in [0, 0.05) is 6.04 Å². The van der Waals surface area contributed by atoms with Crippen LogP contribution in [-0.4, -0.2) is 22.1 Å². The lowest BCUT2D eigenvalue weighted by molar-refractivity contribution is 0.506. The van der Waals surface area contributed by atoms with Gasteiger partial charge in [-0.15, -0.1) is 0 Å². The van der Waals surface area contributed by atoms with Crippen molar-refractivity contribution in [2.24, 2.45) is 9.98 Å². The standard InChI is InChI=1S/C8H11BrClN3/c9-6-7(13-8(10)12-6)11-5-3-1-2-4-5/h5,7,11H,1-4H2/t7-/m0/s1. The van der Waals surface area contributed by atoms with Crippen LogP contribution in [0.1, 0.15) is 25.7 Å². The second-order valence-electron chi connectivity index (χ2n) is 3.38. The number of hydrogen-bond donors (Lipinski definition) is 1. The van der Waals surface area contributed by atoms with Crippen LogP contribution in [0.5, 0.6) is 0 Å². The Morgan fingerprint density at radius 1 is 1.38 bits per heavy atom. The van der Waals surface area contributed by atoms with Crippen LogP contribution in [0.3, 0.4) is 0 Å². The molecule has 13 heavy (non-hydrogen) atoms. The molecule has 1 fully saturated rings. The summed E-state index contributed by atoms with van der Waals surface area (Å²) in [5.41, 5.74) is 0. The molecule has 0 amide bonds. The average Bonchev–Trinajstić information content (AvgIpc) is 2.63. The lowest BCUT2D eigenvalue weighted by Gasteiger charge is -2.15. The fraction of sp³-hybridized carbons (Fsp3) is 0.750. The summed E-state index contributed by atoms with van der Waals surface area (Å²) in [5.74, 6) is 0. The Labute approximate surface area is 90.8 Å². The fourth-order valence-electron chi connectivity index (χ4n) is 1.76. The van der Waals surface area contributed by atoms with Gasteiger partial charge in [-0.2, -0.15) is 0 Å². The van der Waals surface area contributed by atoms with E-state index < -0.39 is 0 Å². The third-order valence-electron chi connectivity index (χ3n) is 2.41. The van der Waals surface area contributed by atoms with Gasteiger partial charge < -0.3 is 0 Å². The first kappa shape index (κ1) is 9.62. The quantitative estimate of drug-likeness (QED) is 0.763. The summed E-state index contributed by atoms with van der Waals surface area (Å²) in [6, 6.07) is 0.582. The molecule has 2 aliphatic rings. The first-order valence-electron chi connectivity index (χ1n) is 4.49. The molecule has 0 spiro atoms. The Hall–Kier alpha value is 0.0700. The van der Waals surface area contributed by atoms with Gasteiger partial charge >= 0.3 is 0 Å². The summed E-state index contributed by atoms with van der Waals surface area (Å²) in [4.78, 5) is 8.15. The number of nitrogens with one attached hydrogen (secondary N) is 1. The van der Waals surface area contributed by atoms with Crippen molar-refractivity contribution in [2.45, 2.75) is 37.9 Å². The molecular weight excluding hydrogens is 253 g/mol. The molecule has 1 aliphatic heterocycles. The van der Waals surface area contributed by atoms with Gasteiger partial charge in [-0.25, -0.2) is 9.98 Å². The minimum atomic E-state index is -0.0457. The Morgan fingerprint density at radius 3 is 2.62 bits per heavy atom. The minimum Gasteiger partial charge on any atom is -0.287 e. The number of nitrogens with zero attached hydrogens (tertiary/aromatic N) is 2. The lowest BCUT2D eigenvalue weighted by atomic mass is 10.2. The molecular formula is C8H11BrClN3. The molecule has 1 heterocycles. The summed E-state index contributed by atoms with van der Waals surface area (Å²) in [6.45, 7) is 0. The largest absolute Gasteiger partial charge is 0.287 e.